The van der Waals surface area contributed by atoms with Gasteiger partial charge in [0.1, 0.15) is 0 Å². The van der Waals surface area contributed by atoms with Gasteiger partial charge in [-0.2, -0.15) is 5.10 Å². The van der Waals surface area contributed by atoms with Crippen molar-refractivity contribution in [3.63, 3.8) is 0 Å². The molecule has 0 bridgehead atoms. The van der Waals surface area contributed by atoms with E-state index in [0.29, 0.717) is 5.65 Å². The lowest BCUT2D eigenvalue weighted by molar-refractivity contribution is 0.0376. The molecule has 0 saturated carbocycles. The van der Waals surface area contributed by atoms with Crippen molar-refractivity contribution in [2.45, 2.75) is 44.5 Å². The first-order chi connectivity index (χ1) is 15.5. The van der Waals surface area contributed by atoms with E-state index in [1.807, 2.05) is 19.3 Å². The van der Waals surface area contributed by atoms with Crippen molar-refractivity contribution in [3.8, 4) is 11.1 Å². The van der Waals surface area contributed by atoms with Crippen LogP contribution in [0.4, 0.5) is 0 Å². The minimum absolute atomic E-state index is 0.0707. The Hall–Kier alpha value is -2.91. The van der Waals surface area contributed by atoms with Gasteiger partial charge in [0.05, 0.1) is 16.7 Å². The highest BCUT2D eigenvalue weighted by molar-refractivity contribution is 7.90. The van der Waals surface area contributed by atoms with Crippen molar-refractivity contribution < 1.29 is 13.1 Å². The third kappa shape index (κ3) is 3.50. The second-order valence-corrected chi connectivity index (χ2v) is 11.7. The van der Waals surface area contributed by atoms with Gasteiger partial charge in [-0.15, -0.1) is 0 Å². The minimum atomic E-state index is -3.82. The summed E-state index contributed by atoms with van der Waals surface area (Å²) in [4.78, 5) is 4.84. The summed E-state index contributed by atoms with van der Waals surface area (Å²) in [6.07, 6.45) is 7.86. The Morgan fingerprint density at radius 1 is 1.03 bits per heavy atom. The summed E-state index contributed by atoms with van der Waals surface area (Å²) in [5, 5.41) is 5.03. The highest BCUT2D eigenvalue weighted by Gasteiger charge is 2.50. The number of benzene rings is 1. The Morgan fingerprint density at radius 3 is 2.36 bits per heavy atom. The van der Waals surface area contributed by atoms with Crippen LogP contribution in [0.1, 0.15) is 27.7 Å². The van der Waals surface area contributed by atoms with Crippen LogP contribution in [0.5, 0.6) is 0 Å². The van der Waals surface area contributed by atoms with Crippen LogP contribution < -0.4 is 5.46 Å². The monoisotopic (exact) mass is 462 g/mol. The van der Waals surface area contributed by atoms with Gasteiger partial charge in [-0.25, -0.2) is 17.4 Å². The molecule has 0 spiro atoms. The normalized spacial score (nSPS) is 17.7. The second kappa shape index (κ2) is 7.30. The molecule has 170 valence electrons. The molecule has 1 aromatic carbocycles. The van der Waals surface area contributed by atoms with Gasteiger partial charge in [0.25, 0.3) is 10.0 Å². The van der Waals surface area contributed by atoms with E-state index in [2.05, 4.69) is 37.8 Å². The van der Waals surface area contributed by atoms with Gasteiger partial charge in [-0.3, -0.25) is 4.68 Å². The van der Waals surface area contributed by atoms with Gasteiger partial charge in [0, 0.05) is 42.2 Å². The van der Waals surface area contributed by atoms with Crippen molar-refractivity contribution >= 4 is 33.4 Å². The van der Waals surface area contributed by atoms with E-state index in [9.17, 15) is 8.42 Å². The number of hydrogen-bond acceptors (Lipinski definition) is 5. The summed E-state index contributed by atoms with van der Waals surface area (Å²) in [6, 6.07) is 10.4. The average molecular weight is 462 g/mol. The van der Waals surface area contributed by atoms with Gasteiger partial charge < -0.3 is 4.65 Å². The number of pyridine rings is 1. The molecule has 3 aromatic heterocycles. The van der Waals surface area contributed by atoms with Gasteiger partial charge in [0.15, 0.2) is 5.65 Å². The molecular formula is C24H27BN4O3S. The van der Waals surface area contributed by atoms with Crippen LogP contribution in [0.15, 0.2) is 66.1 Å². The Balaban J connectivity index is 1.73. The Labute approximate surface area is 194 Å². The fourth-order valence-electron chi connectivity index (χ4n) is 4.42. The van der Waals surface area contributed by atoms with Crippen LogP contribution >= 0.6 is 0 Å². The average Bonchev–Trinajstić information content (AvgIpc) is 3.42. The maximum absolute atomic E-state index is 13.6. The number of fused-ring (bicyclic) bond motifs is 1. The molecule has 9 heteroatoms. The highest BCUT2D eigenvalue weighted by Crippen LogP contribution is 2.45. The zero-order valence-corrected chi connectivity index (χ0v) is 20.3. The van der Waals surface area contributed by atoms with Gasteiger partial charge in [-0.1, -0.05) is 32.0 Å². The Kier molecular flexibility index (Phi) is 4.85. The number of aryl methyl sites for hydroxylation is 1. The van der Waals surface area contributed by atoms with Crippen molar-refractivity contribution in [2.75, 3.05) is 0 Å². The maximum atomic E-state index is 13.6. The number of aromatic nitrogens is 4. The lowest BCUT2D eigenvalue weighted by Crippen LogP contribution is -2.36. The first-order valence-corrected chi connectivity index (χ1v) is 12.4. The topological polar surface area (TPSA) is 79.0 Å². The molecule has 0 aliphatic carbocycles. The summed E-state index contributed by atoms with van der Waals surface area (Å²) in [6.45, 7) is 8.31. The van der Waals surface area contributed by atoms with Crippen molar-refractivity contribution in [1.82, 2.24) is 18.7 Å². The molecule has 1 aliphatic rings. The summed E-state index contributed by atoms with van der Waals surface area (Å²) in [7, 11) is -1.96. The zero-order chi connectivity index (χ0) is 23.6. The fourth-order valence-corrected chi connectivity index (χ4v) is 5.77. The molecule has 1 fully saturated rings. The van der Waals surface area contributed by atoms with E-state index >= 15 is 0 Å². The molecule has 7 nitrogen and oxygen atoms in total. The largest absolute Gasteiger partial charge is 0.425 e. The third-order valence-electron chi connectivity index (χ3n) is 7.09. The van der Waals surface area contributed by atoms with Crippen LogP contribution in [0.25, 0.3) is 22.2 Å². The number of nitrogens with zero attached hydrogens (tertiary/aromatic N) is 4. The van der Waals surface area contributed by atoms with E-state index in [0.717, 1.165) is 28.3 Å². The molecule has 4 heterocycles. The van der Waals surface area contributed by atoms with E-state index in [4.69, 9.17) is 4.65 Å². The molecule has 0 amide bonds. The second-order valence-electron chi connectivity index (χ2n) is 9.90. The molecule has 0 N–H and O–H groups in total. The third-order valence-corrected chi connectivity index (χ3v) is 8.75. The van der Waals surface area contributed by atoms with Gasteiger partial charge >= 0.3 is 6.92 Å². The van der Waals surface area contributed by atoms with Crippen LogP contribution in [0, 0.1) is 5.41 Å². The molecular weight excluding hydrogens is 435 g/mol. The number of hydrogen-bond donors (Lipinski definition) is 0. The fraction of sp³-hybridized carbons (Fsp3) is 0.333. The van der Waals surface area contributed by atoms with Gasteiger partial charge in [0.2, 0.25) is 0 Å². The molecule has 4 aromatic rings. The van der Waals surface area contributed by atoms with Gasteiger partial charge in [-0.05, 0) is 49.2 Å². The predicted octanol–water partition coefficient (Wildman–Crippen LogP) is 3.71. The highest BCUT2D eigenvalue weighted by atomic mass is 32.2. The predicted molar refractivity (Wildman–Crippen MR) is 130 cm³/mol. The summed E-state index contributed by atoms with van der Waals surface area (Å²) >= 11 is 0. The molecule has 0 atom stereocenters. The minimum Gasteiger partial charge on any atom is -0.425 e. The molecule has 33 heavy (non-hydrogen) atoms. The smallest absolute Gasteiger partial charge is 0.330 e. The Morgan fingerprint density at radius 2 is 1.76 bits per heavy atom. The summed E-state index contributed by atoms with van der Waals surface area (Å²) in [5.74, 6) is 0. The van der Waals surface area contributed by atoms with Crippen LogP contribution in [0.3, 0.4) is 0 Å². The first-order valence-electron chi connectivity index (χ1n) is 11.0. The standard InChI is InChI=1S/C24H27BN4O3S/c1-23(2)16-25(32-24(23,3)4)21-15-29(33(30,31)19-9-7-6-8-10-19)22-20(21)11-17(12-26-22)18-13-27-28(5)14-18/h6-15H,16H2,1-5H3. The summed E-state index contributed by atoms with van der Waals surface area (Å²) < 4.78 is 36.6. The quantitative estimate of drug-likeness (QED) is 0.432. The lowest BCUT2D eigenvalue weighted by Gasteiger charge is -2.34. The summed E-state index contributed by atoms with van der Waals surface area (Å²) in [5.41, 5.74) is 2.61. The lowest BCUT2D eigenvalue weighted by atomic mass is 9.54. The SMILES string of the molecule is Cn1cc(-c2cnc3c(c2)c(B2CC(C)(C)C(C)(C)O2)cn3S(=O)(=O)c2ccccc2)cn1. The van der Waals surface area contributed by atoms with Crippen molar-refractivity contribution in [2.24, 2.45) is 12.5 Å². The van der Waals surface area contributed by atoms with Crippen LogP contribution in [0.2, 0.25) is 6.32 Å². The molecule has 0 radical (unpaired) electrons. The Bertz CT molecular complexity index is 1440. The number of rotatable bonds is 4. The van der Waals surface area contributed by atoms with E-state index in [1.165, 1.54) is 3.97 Å². The first kappa shape index (κ1) is 21.9. The van der Waals surface area contributed by atoms with Crippen molar-refractivity contribution in [1.29, 1.82) is 0 Å². The van der Waals surface area contributed by atoms with E-state index in [-0.39, 0.29) is 22.8 Å². The molecule has 1 saturated heterocycles. The van der Waals surface area contributed by atoms with Crippen LogP contribution in [-0.4, -0.2) is 39.7 Å². The van der Waals surface area contributed by atoms with Crippen LogP contribution in [-0.2, 0) is 21.7 Å². The molecule has 1 aliphatic heterocycles. The zero-order valence-electron chi connectivity index (χ0n) is 19.5. The maximum Gasteiger partial charge on any atom is 0.330 e. The molecule has 0 unspecified atom stereocenters. The molecule has 5 rings (SSSR count). The van der Waals surface area contributed by atoms with Crippen molar-refractivity contribution in [3.05, 3.63) is 61.2 Å². The van der Waals surface area contributed by atoms with E-state index < -0.39 is 10.0 Å². The van der Waals surface area contributed by atoms with E-state index in [1.54, 1.807) is 53.6 Å².